The van der Waals surface area contributed by atoms with Gasteiger partial charge < -0.3 is 9.30 Å². The monoisotopic (exact) mass is 329 g/mol. The molecule has 0 fully saturated rings. The number of hydrogen-bond acceptors (Lipinski definition) is 4. The summed E-state index contributed by atoms with van der Waals surface area (Å²) in [6.45, 7) is 0.424. The van der Waals surface area contributed by atoms with Crippen LogP contribution in [0.3, 0.4) is 0 Å². The Morgan fingerprint density at radius 1 is 1.04 bits per heavy atom. The van der Waals surface area contributed by atoms with Gasteiger partial charge in [-0.3, -0.25) is 0 Å². The molecule has 0 aliphatic rings. The Hall–Kier alpha value is -2.34. The molecule has 0 atom stereocenters. The van der Waals surface area contributed by atoms with Crippen LogP contribution in [0.15, 0.2) is 60.0 Å². The maximum Gasteiger partial charge on any atom is 0.191 e. The van der Waals surface area contributed by atoms with Gasteiger partial charge in [-0.2, -0.15) is 0 Å². The lowest BCUT2D eigenvalue weighted by molar-refractivity contribution is 0.306. The van der Waals surface area contributed by atoms with E-state index in [9.17, 15) is 4.39 Å². The Labute approximate surface area is 138 Å². The lowest BCUT2D eigenvalue weighted by Gasteiger charge is -2.07. The molecule has 0 aliphatic carbocycles. The Morgan fingerprint density at radius 3 is 2.39 bits per heavy atom. The molecule has 0 radical (unpaired) electrons. The lowest BCUT2D eigenvalue weighted by Crippen LogP contribution is -1.95. The fraction of sp³-hybridized carbons (Fsp3) is 0.176. The normalized spacial score (nSPS) is 10.7. The average Bonchev–Trinajstić information content (AvgIpc) is 2.98. The van der Waals surface area contributed by atoms with Crippen LogP contribution in [0.25, 0.3) is 0 Å². The van der Waals surface area contributed by atoms with E-state index in [0.29, 0.717) is 6.61 Å². The highest BCUT2D eigenvalue weighted by atomic mass is 32.2. The van der Waals surface area contributed by atoms with E-state index >= 15 is 0 Å². The highest BCUT2D eigenvalue weighted by Crippen LogP contribution is 2.22. The van der Waals surface area contributed by atoms with E-state index in [0.717, 1.165) is 22.2 Å². The molecule has 0 N–H and O–H groups in total. The second-order valence-corrected chi connectivity index (χ2v) is 6.01. The van der Waals surface area contributed by atoms with E-state index in [1.165, 1.54) is 17.7 Å². The van der Waals surface area contributed by atoms with Gasteiger partial charge in [0.25, 0.3) is 0 Å². The van der Waals surface area contributed by atoms with E-state index in [4.69, 9.17) is 4.74 Å². The smallest absolute Gasteiger partial charge is 0.191 e. The zero-order chi connectivity index (χ0) is 16.1. The standard InChI is InChI=1S/C17H16FN3OS/c1-21-12-19-20-17(21)23-11-14-4-8-16(9-5-14)22-10-13-2-6-15(18)7-3-13/h2-9,12H,10-11H2,1H3. The predicted molar refractivity (Wildman–Crippen MR) is 87.7 cm³/mol. The molecular formula is C17H16FN3OS. The number of aromatic nitrogens is 3. The maximum absolute atomic E-state index is 12.8. The van der Waals surface area contributed by atoms with E-state index in [2.05, 4.69) is 10.2 Å². The number of benzene rings is 2. The minimum Gasteiger partial charge on any atom is -0.489 e. The Kier molecular flexibility index (Phi) is 4.92. The molecule has 23 heavy (non-hydrogen) atoms. The third kappa shape index (κ3) is 4.32. The van der Waals surface area contributed by atoms with Crippen molar-refractivity contribution in [3.8, 4) is 5.75 Å². The lowest BCUT2D eigenvalue weighted by atomic mass is 10.2. The minimum atomic E-state index is -0.237. The zero-order valence-electron chi connectivity index (χ0n) is 12.6. The van der Waals surface area contributed by atoms with Crippen LogP contribution in [0.1, 0.15) is 11.1 Å². The first kappa shape index (κ1) is 15.6. The molecule has 2 aromatic carbocycles. The zero-order valence-corrected chi connectivity index (χ0v) is 13.5. The largest absolute Gasteiger partial charge is 0.489 e. The molecule has 6 heteroatoms. The van der Waals surface area contributed by atoms with Gasteiger partial charge in [0.05, 0.1) is 0 Å². The molecule has 0 saturated heterocycles. The van der Waals surface area contributed by atoms with Crippen LogP contribution in [-0.2, 0) is 19.4 Å². The van der Waals surface area contributed by atoms with Crippen LogP contribution in [0.2, 0.25) is 0 Å². The van der Waals surface area contributed by atoms with Gasteiger partial charge in [-0.05, 0) is 35.4 Å². The van der Waals surface area contributed by atoms with Gasteiger partial charge >= 0.3 is 0 Å². The minimum absolute atomic E-state index is 0.237. The van der Waals surface area contributed by atoms with Crippen LogP contribution >= 0.6 is 11.8 Å². The summed E-state index contributed by atoms with van der Waals surface area (Å²) in [7, 11) is 1.93. The number of hydrogen-bond donors (Lipinski definition) is 0. The van der Waals surface area contributed by atoms with Crippen molar-refractivity contribution in [2.75, 3.05) is 0 Å². The highest BCUT2D eigenvalue weighted by Gasteiger charge is 2.03. The average molecular weight is 329 g/mol. The Morgan fingerprint density at radius 2 is 1.74 bits per heavy atom. The van der Waals surface area contributed by atoms with Crippen molar-refractivity contribution in [2.45, 2.75) is 17.5 Å². The third-order valence-electron chi connectivity index (χ3n) is 3.28. The van der Waals surface area contributed by atoms with Gasteiger partial charge in [0, 0.05) is 12.8 Å². The predicted octanol–water partition coefficient (Wildman–Crippen LogP) is 3.83. The quantitative estimate of drug-likeness (QED) is 0.645. The molecular weight excluding hydrogens is 313 g/mol. The number of halogens is 1. The SMILES string of the molecule is Cn1cnnc1SCc1ccc(OCc2ccc(F)cc2)cc1. The summed E-state index contributed by atoms with van der Waals surface area (Å²) < 4.78 is 20.4. The second kappa shape index (κ2) is 7.28. The summed E-state index contributed by atoms with van der Waals surface area (Å²) in [5.74, 6) is 1.38. The van der Waals surface area contributed by atoms with Crippen molar-refractivity contribution in [3.63, 3.8) is 0 Å². The van der Waals surface area contributed by atoms with Gasteiger partial charge in [-0.15, -0.1) is 10.2 Å². The van der Waals surface area contributed by atoms with Crippen molar-refractivity contribution in [1.29, 1.82) is 0 Å². The molecule has 0 saturated carbocycles. The number of rotatable bonds is 6. The molecule has 118 valence electrons. The fourth-order valence-electron chi connectivity index (χ4n) is 1.98. The maximum atomic E-state index is 12.8. The van der Waals surface area contributed by atoms with Gasteiger partial charge in [0.15, 0.2) is 5.16 Å². The van der Waals surface area contributed by atoms with Crippen molar-refractivity contribution in [2.24, 2.45) is 7.05 Å². The van der Waals surface area contributed by atoms with Crippen molar-refractivity contribution in [1.82, 2.24) is 14.8 Å². The van der Waals surface area contributed by atoms with E-state index in [1.54, 1.807) is 30.2 Å². The molecule has 0 amide bonds. The molecule has 0 unspecified atom stereocenters. The van der Waals surface area contributed by atoms with Gasteiger partial charge in [-0.25, -0.2) is 4.39 Å². The summed E-state index contributed by atoms with van der Waals surface area (Å²) in [5, 5.41) is 8.79. The third-order valence-corrected chi connectivity index (χ3v) is 4.39. The van der Waals surface area contributed by atoms with Gasteiger partial charge in [0.2, 0.25) is 0 Å². The molecule has 0 spiro atoms. The Balaban J connectivity index is 1.52. The molecule has 1 aromatic heterocycles. The molecule has 1 heterocycles. The van der Waals surface area contributed by atoms with Crippen LogP contribution in [0, 0.1) is 5.82 Å². The summed E-state index contributed by atoms with van der Waals surface area (Å²) in [4.78, 5) is 0. The topological polar surface area (TPSA) is 39.9 Å². The first-order chi connectivity index (χ1) is 11.2. The van der Waals surface area contributed by atoms with Gasteiger partial charge in [-0.1, -0.05) is 36.0 Å². The summed E-state index contributed by atoms with van der Waals surface area (Å²) >= 11 is 1.64. The first-order valence-electron chi connectivity index (χ1n) is 7.14. The Bertz CT molecular complexity index is 756. The number of nitrogens with zero attached hydrogens (tertiary/aromatic N) is 3. The number of ether oxygens (including phenoxy) is 1. The number of thioether (sulfide) groups is 1. The van der Waals surface area contributed by atoms with Crippen molar-refractivity contribution < 1.29 is 9.13 Å². The van der Waals surface area contributed by atoms with Crippen LogP contribution in [0.4, 0.5) is 4.39 Å². The molecule has 3 aromatic rings. The number of aryl methyl sites for hydroxylation is 1. The van der Waals surface area contributed by atoms with E-state index in [-0.39, 0.29) is 5.82 Å². The van der Waals surface area contributed by atoms with E-state index < -0.39 is 0 Å². The summed E-state index contributed by atoms with van der Waals surface area (Å²) in [6.07, 6.45) is 1.69. The van der Waals surface area contributed by atoms with Crippen molar-refractivity contribution >= 4 is 11.8 Å². The van der Waals surface area contributed by atoms with Crippen molar-refractivity contribution in [3.05, 3.63) is 71.8 Å². The molecule has 3 rings (SSSR count). The summed E-state index contributed by atoms with van der Waals surface area (Å²) in [5.41, 5.74) is 2.13. The molecule has 0 aliphatic heterocycles. The summed E-state index contributed by atoms with van der Waals surface area (Å²) in [6, 6.07) is 14.3. The highest BCUT2D eigenvalue weighted by molar-refractivity contribution is 7.98. The van der Waals surface area contributed by atoms with Crippen LogP contribution in [-0.4, -0.2) is 14.8 Å². The first-order valence-corrected chi connectivity index (χ1v) is 8.12. The fourth-order valence-corrected chi connectivity index (χ4v) is 2.82. The van der Waals surface area contributed by atoms with E-state index in [1.807, 2.05) is 35.9 Å². The second-order valence-electron chi connectivity index (χ2n) is 5.07. The molecule has 4 nitrogen and oxygen atoms in total. The van der Waals surface area contributed by atoms with Gasteiger partial charge in [0.1, 0.15) is 24.5 Å². The van der Waals surface area contributed by atoms with Crippen LogP contribution < -0.4 is 4.74 Å². The molecule has 0 bridgehead atoms. The van der Waals surface area contributed by atoms with Crippen LogP contribution in [0.5, 0.6) is 5.75 Å².